The first-order valence-electron chi connectivity index (χ1n) is 12.2. The predicted molar refractivity (Wildman–Crippen MR) is 132 cm³/mol. The van der Waals surface area contributed by atoms with E-state index in [1.807, 2.05) is 13.1 Å². The molecule has 1 amide bonds. The lowest BCUT2D eigenvalue weighted by Crippen LogP contribution is -2.28. The van der Waals surface area contributed by atoms with Crippen LogP contribution in [0.15, 0.2) is 53.6 Å². The highest BCUT2D eigenvalue weighted by Gasteiger charge is 2.66. The number of nitrogens with two attached hydrogens (primary N) is 1. The molecule has 204 valence electrons. The van der Waals surface area contributed by atoms with Gasteiger partial charge in [-0.1, -0.05) is 17.3 Å². The molecule has 39 heavy (non-hydrogen) atoms. The predicted octanol–water partition coefficient (Wildman–Crippen LogP) is 4.18. The number of nitrogens with zero attached hydrogens (tertiary/aromatic N) is 5. The first-order chi connectivity index (χ1) is 18.5. The molecule has 1 atom stereocenters. The molecule has 1 aliphatic rings. The van der Waals surface area contributed by atoms with E-state index >= 15 is 0 Å². The van der Waals surface area contributed by atoms with E-state index < -0.39 is 23.3 Å². The van der Waals surface area contributed by atoms with Gasteiger partial charge in [-0.25, -0.2) is 14.4 Å². The van der Waals surface area contributed by atoms with Crippen molar-refractivity contribution in [1.29, 1.82) is 0 Å². The second-order valence-electron chi connectivity index (χ2n) is 9.80. The molecule has 0 saturated heterocycles. The van der Waals surface area contributed by atoms with Gasteiger partial charge < -0.3 is 15.6 Å². The molecule has 5 rings (SSSR count). The summed E-state index contributed by atoms with van der Waals surface area (Å²) in [5, 5.41) is 10.1. The molecule has 0 aliphatic heterocycles. The summed E-state index contributed by atoms with van der Waals surface area (Å²) >= 11 is 0. The maximum absolute atomic E-state index is 14.8. The Morgan fingerprint density at radius 2 is 1.92 bits per heavy atom. The molecular weight excluding hydrogens is 518 g/mol. The zero-order valence-corrected chi connectivity index (χ0v) is 20.9. The third-order valence-corrected chi connectivity index (χ3v) is 6.51. The summed E-state index contributed by atoms with van der Waals surface area (Å²) in [5.74, 6) is -1.18. The minimum Gasteiger partial charge on any atom is -0.358 e. The quantitative estimate of drug-likeness (QED) is 0.304. The molecule has 4 aromatic rings. The van der Waals surface area contributed by atoms with Crippen LogP contribution in [0, 0.1) is 5.82 Å². The summed E-state index contributed by atoms with van der Waals surface area (Å²) in [6.07, 6.45) is 2.29. The van der Waals surface area contributed by atoms with E-state index in [1.54, 1.807) is 29.3 Å². The zero-order valence-electron chi connectivity index (χ0n) is 20.9. The summed E-state index contributed by atoms with van der Waals surface area (Å²) < 4.78 is 61.2. The Hall–Kier alpha value is -4.13. The SMILES string of the molecule is CC(N)Cn1cc(Cc2ncc(-c3ccc(CC(=O)Nc4cc(C5(C(F)(F)F)CC5)on4)c(F)c3)cn2)cn1. The average molecular weight is 544 g/mol. The van der Waals surface area contributed by atoms with Gasteiger partial charge in [0.1, 0.15) is 17.1 Å². The topological polar surface area (TPSA) is 125 Å². The average Bonchev–Trinajstić information content (AvgIpc) is 3.40. The van der Waals surface area contributed by atoms with E-state index in [-0.39, 0.29) is 42.4 Å². The van der Waals surface area contributed by atoms with Crippen molar-refractivity contribution in [3.05, 3.63) is 77.6 Å². The summed E-state index contributed by atoms with van der Waals surface area (Å²) in [4.78, 5) is 21.1. The van der Waals surface area contributed by atoms with E-state index in [9.17, 15) is 22.4 Å². The van der Waals surface area contributed by atoms with Crippen LogP contribution in [0.5, 0.6) is 0 Å². The Morgan fingerprint density at radius 1 is 1.18 bits per heavy atom. The van der Waals surface area contributed by atoms with Crippen LogP contribution in [0.25, 0.3) is 11.1 Å². The largest absolute Gasteiger partial charge is 0.401 e. The Kier molecular flexibility index (Phi) is 6.93. The van der Waals surface area contributed by atoms with Crippen LogP contribution in [0.1, 0.15) is 42.5 Å². The molecule has 1 fully saturated rings. The molecule has 3 heterocycles. The first kappa shape index (κ1) is 26.5. The highest BCUT2D eigenvalue weighted by Crippen LogP contribution is 2.59. The van der Waals surface area contributed by atoms with Crippen molar-refractivity contribution in [1.82, 2.24) is 24.9 Å². The lowest BCUT2D eigenvalue weighted by molar-refractivity contribution is -0.165. The van der Waals surface area contributed by atoms with Gasteiger partial charge in [0.2, 0.25) is 5.91 Å². The number of amides is 1. The summed E-state index contributed by atoms with van der Waals surface area (Å²) in [6.45, 7) is 2.50. The molecule has 0 bridgehead atoms. The molecule has 1 saturated carbocycles. The molecule has 1 aliphatic carbocycles. The standard InChI is InChI=1S/C26H25F4N7O2/c1-15(31)13-37-14-16(10-34-37)6-22-32-11-19(12-33-22)17-2-3-18(20(27)7-17)8-24(38)35-23-9-21(39-36-23)25(4-5-25)26(28,29)30/h2-3,7,9-12,14-15H,4-6,8,13,31H2,1H3,(H,35,36,38). The van der Waals surface area contributed by atoms with Crippen molar-refractivity contribution in [3.8, 4) is 11.1 Å². The Balaban J connectivity index is 1.19. The summed E-state index contributed by atoms with van der Waals surface area (Å²) in [7, 11) is 0. The Labute approximate surface area is 220 Å². The van der Waals surface area contributed by atoms with Gasteiger partial charge in [0.05, 0.1) is 19.2 Å². The van der Waals surface area contributed by atoms with Crippen LogP contribution in [-0.4, -0.2) is 43.0 Å². The molecule has 1 unspecified atom stereocenters. The van der Waals surface area contributed by atoms with Gasteiger partial charge in [-0.15, -0.1) is 0 Å². The van der Waals surface area contributed by atoms with Crippen LogP contribution in [-0.2, 0) is 29.6 Å². The molecule has 13 heteroatoms. The van der Waals surface area contributed by atoms with Crippen molar-refractivity contribution >= 4 is 11.7 Å². The van der Waals surface area contributed by atoms with E-state index in [1.165, 1.54) is 12.1 Å². The minimum atomic E-state index is -4.46. The third kappa shape index (κ3) is 5.82. The highest BCUT2D eigenvalue weighted by molar-refractivity contribution is 5.91. The van der Waals surface area contributed by atoms with Gasteiger partial charge in [-0.05, 0) is 42.5 Å². The van der Waals surface area contributed by atoms with Crippen molar-refractivity contribution in [2.45, 2.75) is 56.8 Å². The number of anilines is 1. The maximum atomic E-state index is 14.8. The smallest absolute Gasteiger partial charge is 0.358 e. The van der Waals surface area contributed by atoms with E-state index in [0.717, 1.165) is 11.6 Å². The Bertz CT molecular complexity index is 1470. The minimum absolute atomic E-state index is 0.0161. The number of hydrogen-bond acceptors (Lipinski definition) is 7. The molecule has 0 radical (unpaired) electrons. The maximum Gasteiger partial charge on any atom is 0.401 e. The first-order valence-corrected chi connectivity index (χ1v) is 12.2. The van der Waals surface area contributed by atoms with E-state index in [2.05, 4.69) is 25.5 Å². The fraction of sp³-hybridized carbons (Fsp3) is 0.346. The number of halogens is 4. The van der Waals surface area contributed by atoms with Crippen LogP contribution < -0.4 is 11.1 Å². The number of hydrogen-bond donors (Lipinski definition) is 2. The summed E-state index contributed by atoms with van der Waals surface area (Å²) in [6, 6.07) is 5.41. The summed E-state index contributed by atoms with van der Waals surface area (Å²) in [5.41, 5.74) is 5.91. The van der Waals surface area contributed by atoms with E-state index in [4.69, 9.17) is 10.3 Å². The van der Waals surface area contributed by atoms with Crippen molar-refractivity contribution in [2.24, 2.45) is 5.73 Å². The molecule has 9 nitrogen and oxygen atoms in total. The van der Waals surface area contributed by atoms with Gasteiger partial charge >= 0.3 is 6.18 Å². The van der Waals surface area contributed by atoms with Gasteiger partial charge in [-0.2, -0.15) is 18.3 Å². The molecule has 3 aromatic heterocycles. The number of rotatable bonds is 9. The van der Waals surface area contributed by atoms with Gasteiger partial charge in [0.25, 0.3) is 0 Å². The van der Waals surface area contributed by atoms with Crippen LogP contribution in [0.2, 0.25) is 0 Å². The number of carbonyl (C=O) groups excluding carboxylic acids is 1. The van der Waals surface area contributed by atoms with Gasteiger partial charge in [0.15, 0.2) is 11.6 Å². The molecule has 0 spiro atoms. The van der Waals surface area contributed by atoms with Gasteiger partial charge in [-0.3, -0.25) is 9.48 Å². The highest BCUT2D eigenvalue weighted by atomic mass is 19.4. The number of alkyl halides is 3. The van der Waals surface area contributed by atoms with Crippen LogP contribution in [0.4, 0.5) is 23.4 Å². The lowest BCUT2D eigenvalue weighted by Gasteiger charge is -2.14. The Morgan fingerprint density at radius 3 is 2.56 bits per heavy atom. The number of nitrogens with one attached hydrogen (secondary N) is 1. The van der Waals surface area contributed by atoms with Crippen LogP contribution >= 0.6 is 0 Å². The third-order valence-electron chi connectivity index (χ3n) is 6.51. The second-order valence-corrected chi connectivity index (χ2v) is 9.80. The van der Waals surface area contributed by atoms with Crippen LogP contribution in [0.3, 0.4) is 0 Å². The fourth-order valence-corrected chi connectivity index (χ4v) is 4.25. The van der Waals surface area contributed by atoms with Gasteiger partial charge in [0, 0.05) is 42.7 Å². The fourth-order valence-electron chi connectivity index (χ4n) is 4.25. The van der Waals surface area contributed by atoms with Crippen molar-refractivity contribution in [3.63, 3.8) is 0 Å². The molecular formula is C26H25F4N7O2. The lowest BCUT2D eigenvalue weighted by atomic mass is 10.0. The molecule has 1 aromatic carbocycles. The van der Waals surface area contributed by atoms with Crippen molar-refractivity contribution in [2.75, 3.05) is 5.32 Å². The normalized spacial score (nSPS) is 15.2. The number of aromatic nitrogens is 5. The van der Waals surface area contributed by atoms with Crippen molar-refractivity contribution < 1.29 is 26.9 Å². The monoisotopic (exact) mass is 543 g/mol. The zero-order chi connectivity index (χ0) is 27.8. The van der Waals surface area contributed by atoms with E-state index in [0.29, 0.717) is 29.9 Å². The number of benzene rings is 1. The second kappa shape index (κ2) is 10.2. The molecule has 3 N–H and O–H groups in total. The number of carbonyl (C=O) groups is 1.